The molecule has 1 aliphatic heterocycles. The molecule has 128 valence electrons. The van der Waals surface area contributed by atoms with Gasteiger partial charge in [0.05, 0.1) is 12.6 Å². The van der Waals surface area contributed by atoms with Gasteiger partial charge in [-0.3, -0.25) is 10.1 Å². The molecule has 2 rings (SSSR count). The maximum Gasteiger partial charge on any atom is 0.422 e. The fourth-order valence-electron chi connectivity index (χ4n) is 2.16. The van der Waals surface area contributed by atoms with Gasteiger partial charge >= 0.3 is 6.18 Å². The molecule has 4 nitrogen and oxygen atoms in total. The van der Waals surface area contributed by atoms with E-state index in [1.54, 1.807) is 6.07 Å². The average Bonchev–Trinajstić information content (AvgIpc) is 2.83. The van der Waals surface area contributed by atoms with Crippen molar-refractivity contribution in [3.8, 4) is 5.75 Å². The Bertz CT molecular complexity index is 562. The zero-order chi connectivity index (χ0) is 17.1. The van der Waals surface area contributed by atoms with Crippen LogP contribution in [0.2, 0.25) is 0 Å². The Morgan fingerprint density at radius 1 is 1.35 bits per heavy atom. The molecule has 1 saturated heterocycles. The monoisotopic (exact) mass is 338 g/mol. The quantitative estimate of drug-likeness (QED) is 0.810. The van der Waals surface area contributed by atoms with Crippen molar-refractivity contribution < 1.29 is 31.5 Å². The van der Waals surface area contributed by atoms with Crippen molar-refractivity contribution in [3.05, 3.63) is 29.8 Å². The minimum atomic E-state index is -4.48. The molecule has 1 aliphatic rings. The van der Waals surface area contributed by atoms with Crippen LogP contribution < -0.4 is 15.4 Å². The molecule has 1 atom stereocenters. The van der Waals surface area contributed by atoms with Crippen LogP contribution in [0.15, 0.2) is 24.3 Å². The number of para-hydroxylation sites is 1. The summed E-state index contributed by atoms with van der Waals surface area (Å²) >= 11 is 0. The molecule has 0 radical (unpaired) electrons. The molecule has 9 heteroatoms. The van der Waals surface area contributed by atoms with Crippen molar-refractivity contribution in [2.45, 2.75) is 31.1 Å². The Labute approximate surface area is 129 Å². The standard InChI is InChI=1S/C14H15F5N2O2/c15-13(16)5-10(21-7-13)12(22)20-6-9-3-1-2-4-11(9)23-8-14(17,18)19/h1-4,10,21H,5-8H2,(H,20,22). The number of carbonyl (C=O) groups excluding carboxylic acids is 1. The summed E-state index contributed by atoms with van der Waals surface area (Å²) in [7, 11) is 0. The van der Waals surface area contributed by atoms with Gasteiger partial charge in [-0.05, 0) is 6.07 Å². The molecular weight excluding hydrogens is 323 g/mol. The van der Waals surface area contributed by atoms with Gasteiger partial charge in [-0.1, -0.05) is 18.2 Å². The first-order valence-corrected chi connectivity index (χ1v) is 6.83. The summed E-state index contributed by atoms with van der Waals surface area (Å²) in [5, 5.41) is 4.82. The SMILES string of the molecule is O=C(NCc1ccccc1OCC(F)(F)F)C1CC(F)(F)CN1. The predicted molar refractivity (Wildman–Crippen MR) is 71.2 cm³/mol. The third-order valence-electron chi connectivity index (χ3n) is 3.24. The van der Waals surface area contributed by atoms with Crippen LogP contribution in [0.3, 0.4) is 0 Å². The highest BCUT2D eigenvalue weighted by atomic mass is 19.4. The minimum absolute atomic E-state index is 0.0187. The molecule has 0 aromatic heterocycles. The topological polar surface area (TPSA) is 50.4 Å². The van der Waals surface area contributed by atoms with E-state index < -0.39 is 43.6 Å². The molecule has 1 fully saturated rings. The van der Waals surface area contributed by atoms with Crippen molar-refractivity contribution in [2.24, 2.45) is 0 Å². The highest BCUT2D eigenvalue weighted by Crippen LogP contribution is 2.25. The van der Waals surface area contributed by atoms with Crippen LogP contribution >= 0.6 is 0 Å². The minimum Gasteiger partial charge on any atom is -0.484 e. The fraction of sp³-hybridized carbons (Fsp3) is 0.500. The Morgan fingerprint density at radius 3 is 2.65 bits per heavy atom. The second-order valence-electron chi connectivity index (χ2n) is 5.22. The summed E-state index contributed by atoms with van der Waals surface area (Å²) in [5.41, 5.74) is 0.329. The lowest BCUT2D eigenvalue weighted by Gasteiger charge is -2.15. The number of carbonyl (C=O) groups is 1. The number of rotatable bonds is 5. The lowest BCUT2D eigenvalue weighted by molar-refractivity contribution is -0.153. The Kier molecular flexibility index (Phi) is 5.08. The summed E-state index contributed by atoms with van der Waals surface area (Å²) in [6, 6.07) is 4.88. The lowest BCUT2D eigenvalue weighted by Crippen LogP contribution is -2.40. The second kappa shape index (κ2) is 6.69. The average molecular weight is 338 g/mol. The van der Waals surface area contributed by atoms with E-state index in [1.165, 1.54) is 18.2 Å². The normalized spacial score (nSPS) is 20.3. The molecule has 1 aromatic carbocycles. The van der Waals surface area contributed by atoms with E-state index in [9.17, 15) is 26.7 Å². The number of halogens is 5. The highest BCUT2D eigenvalue weighted by molar-refractivity contribution is 5.82. The van der Waals surface area contributed by atoms with Crippen LogP contribution in [0.4, 0.5) is 22.0 Å². The number of ether oxygens (including phenoxy) is 1. The third kappa shape index (κ3) is 5.34. The van der Waals surface area contributed by atoms with Crippen molar-refractivity contribution >= 4 is 5.91 Å². The van der Waals surface area contributed by atoms with Gasteiger partial charge < -0.3 is 10.1 Å². The van der Waals surface area contributed by atoms with Gasteiger partial charge in [0.2, 0.25) is 5.91 Å². The lowest BCUT2D eigenvalue weighted by atomic mass is 10.1. The van der Waals surface area contributed by atoms with Crippen molar-refractivity contribution in [3.63, 3.8) is 0 Å². The first-order chi connectivity index (χ1) is 10.7. The van der Waals surface area contributed by atoms with Gasteiger partial charge in [0, 0.05) is 18.5 Å². The zero-order valence-electron chi connectivity index (χ0n) is 11.9. The number of hydrogen-bond acceptors (Lipinski definition) is 3. The third-order valence-corrected chi connectivity index (χ3v) is 3.24. The largest absolute Gasteiger partial charge is 0.484 e. The summed E-state index contributed by atoms with van der Waals surface area (Å²) < 4.78 is 67.3. The van der Waals surface area contributed by atoms with E-state index in [0.29, 0.717) is 5.56 Å². The van der Waals surface area contributed by atoms with Gasteiger partial charge in [0.25, 0.3) is 5.92 Å². The smallest absolute Gasteiger partial charge is 0.422 e. The summed E-state index contributed by atoms with van der Waals surface area (Å²) in [4.78, 5) is 11.8. The van der Waals surface area contributed by atoms with Gasteiger partial charge in [-0.2, -0.15) is 13.2 Å². The molecule has 0 bridgehead atoms. The van der Waals surface area contributed by atoms with Crippen LogP contribution in [0.1, 0.15) is 12.0 Å². The molecule has 1 aromatic rings. The summed E-state index contributed by atoms with van der Waals surface area (Å²) in [6.45, 7) is -2.14. The van der Waals surface area contributed by atoms with Gasteiger partial charge in [-0.15, -0.1) is 0 Å². The molecule has 2 N–H and O–H groups in total. The van der Waals surface area contributed by atoms with Crippen molar-refractivity contribution in [1.29, 1.82) is 0 Å². The number of nitrogens with one attached hydrogen (secondary N) is 2. The van der Waals surface area contributed by atoms with Crippen LogP contribution in [-0.4, -0.2) is 37.2 Å². The molecule has 0 saturated carbocycles. The molecular formula is C14H15F5N2O2. The van der Waals surface area contributed by atoms with Gasteiger partial charge in [-0.25, -0.2) is 8.78 Å². The van der Waals surface area contributed by atoms with E-state index in [1.807, 2.05) is 0 Å². The second-order valence-corrected chi connectivity index (χ2v) is 5.22. The Morgan fingerprint density at radius 2 is 2.04 bits per heavy atom. The maximum absolute atomic E-state index is 13.0. The predicted octanol–water partition coefficient (Wildman–Crippen LogP) is 2.24. The van der Waals surface area contributed by atoms with E-state index in [-0.39, 0.29) is 12.3 Å². The first kappa shape index (κ1) is 17.5. The zero-order valence-corrected chi connectivity index (χ0v) is 11.9. The van der Waals surface area contributed by atoms with E-state index >= 15 is 0 Å². The highest BCUT2D eigenvalue weighted by Gasteiger charge is 2.42. The molecule has 1 heterocycles. The van der Waals surface area contributed by atoms with E-state index in [4.69, 9.17) is 0 Å². The Balaban J connectivity index is 1.92. The summed E-state index contributed by atoms with van der Waals surface area (Å²) in [5.74, 6) is -3.59. The number of alkyl halides is 5. The van der Waals surface area contributed by atoms with Gasteiger partial charge in [0.15, 0.2) is 6.61 Å². The Hall–Kier alpha value is -1.90. The molecule has 23 heavy (non-hydrogen) atoms. The fourth-order valence-corrected chi connectivity index (χ4v) is 2.16. The van der Waals surface area contributed by atoms with Crippen LogP contribution in [0.5, 0.6) is 5.75 Å². The molecule has 1 amide bonds. The maximum atomic E-state index is 13.0. The number of hydrogen-bond donors (Lipinski definition) is 2. The van der Waals surface area contributed by atoms with Crippen molar-refractivity contribution in [1.82, 2.24) is 10.6 Å². The van der Waals surface area contributed by atoms with Crippen LogP contribution in [-0.2, 0) is 11.3 Å². The van der Waals surface area contributed by atoms with Crippen LogP contribution in [0.25, 0.3) is 0 Å². The van der Waals surface area contributed by atoms with E-state index in [2.05, 4.69) is 15.4 Å². The molecule has 1 unspecified atom stereocenters. The van der Waals surface area contributed by atoms with Crippen LogP contribution in [0, 0.1) is 0 Å². The number of benzene rings is 1. The summed E-state index contributed by atoms with van der Waals surface area (Å²) in [6.07, 6.45) is -5.08. The molecule has 0 aliphatic carbocycles. The van der Waals surface area contributed by atoms with E-state index in [0.717, 1.165) is 0 Å². The van der Waals surface area contributed by atoms with Crippen molar-refractivity contribution in [2.75, 3.05) is 13.2 Å². The first-order valence-electron chi connectivity index (χ1n) is 6.83. The number of amides is 1. The van der Waals surface area contributed by atoms with Gasteiger partial charge in [0.1, 0.15) is 5.75 Å². The molecule has 0 spiro atoms.